The fourth-order valence-electron chi connectivity index (χ4n) is 1.87. The van der Waals surface area contributed by atoms with Gasteiger partial charge in [-0.1, -0.05) is 65.8 Å². The smallest absolute Gasteiger partial charge is 0.318 e. The van der Waals surface area contributed by atoms with Crippen LogP contribution < -0.4 is 0 Å². The molecule has 0 radical (unpaired) electrons. The Bertz CT molecular complexity index is 658. The summed E-state index contributed by atoms with van der Waals surface area (Å²) < 4.78 is 0. The van der Waals surface area contributed by atoms with Crippen molar-refractivity contribution in [1.29, 1.82) is 0 Å². The van der Waals surface area contributed by atoms with Gasteiger partial charge in [-0.15, -0.1) is 0 Å². The second kappa shape index (κ2) is 7.20. The molecule has 2 aromatic rings. The van der Waals surface area contributed by atoms with Crippen LogP contribution in [-0.4, -0.2) is 11.7 Å². The van der Waals surface area contributed by atoms with Crippen LogP contribution in [-0.2, 0) is 9.63 Å². The van der Waals surface area contributed by atoms with Gasteiger partial charge in [0, 0.05) is 12.5 Å². The highest BCUT2D eigenvalue weighted by molar-refractivity contribution is 6.12. The summed E-state index contributed by atoms with van der Waals surface area (Å²) in [6, 6.07) is 19.6. The van der Waals surface area contributed by atoms with E-state index in [9.17, 15) is 4.79 Å². The van der Waals surface area contributed by atoms with Crippen LogP contribution in [0.1, 0.15) is 25.0 Å². The first-order chi connectivity index (χ1) is 10.2. The van der Waals surface area contributed by atoms with E-state index in [4.69, 9.17) is 4.84 Å². The van der Waals surface area contributed by atoms with E-state index in [-0.39, 0.29) is 0 Å². The number of hydrogen-bond acceptors (Lipinski definition) is 3. The van der Waals surface area contributed by atoms with E-state index >= 15 is 0 Å². The number of oxime groups is 1. The zero-order chi connectivity index (χ0) is 15.1. The summed E-state index contributed by atoms with van der Waals surface area (Å²) in [5.41, 5.74) is 3.66. The number of benzene rings is 2. The third-order valence-electron chi connectivity index (χ3n) is 2.92. The topological polar surface area (TPSA) is 38.7 Å². The summed E-state index contributed by atoms with van der Waals surface area (Å²) in [5.74, 6) is -0.436. The van der Waals surface area contributed by atoms with Gasteiger partial charge in [-0.05, 0) is 24.1 Å². The van der Waals surface area contributed by atoms with Crippen LogP contribution in [0, 0.1) is 0 Å². The molecule has 0 aliphatic heterocycles. The molecular weight excluding hydrogens is 262 g/mol. The average molecular weight is 279 g/mol. The molecule has 2 aromatic carbocycles. The monoisotopic (exact) mass is 279 g/mol. The molecule has 3 nitrogen and oxygen atoms in total. The van der Waals surface area contributed by atoms with Crippen LogP contribution in [0.3, 0.4) is 0 Å². The number of hydrogen-bond donors (Lipinski definition) is 0. The Balaban J connectivity index is 2.37. The summed E-state index contributed by atoms with van der Waals surface area (Å²) in [5, 5.41) is 3.95. The number of allylic oxidation sites excluding steroid dienone is 2. The third-order valence-corrected chi connectivity index (χ3v) is 2.92. The first kappa shape index (κ1) is 14.7. The zero-order valence-electron chi connectivity index (χ0n) is 12.1. The fraction of sp³-hybridized carbons (Fsp3) is 0.111. The fourth-order valence-corrected chi connectivity index (χ4v) is 1.87. The van der Waals surface area contributed by atoms with Crippen molar-refractivity contribution in [2.24, 2.45) is 5.16 Å². The molecule has 2 rings (SSSR count). The van der Waals surface area contributed by atoms with Crippen molar-refractivity contribution in [3.63, 3.8) is 0 Å². The Morgan fingerprint density at radius 2 is 1.43 bits per heavy atom. The molecular formula is C18H17NO2. The molecule has 0 saturated carbocycles. The summed E-state index contributed by atoms with van der Waals surface area (Å²) >= 11 is 0. The second-order valence-electron chi connectivity index (χ2n) is 4.62. The minimum absolute atomic E-state index is 0.436. The Hall–Kier alpha value is -2.68. The summed E-state index contributed by atoms with van der Waals surface area (Å²) in [6.45, 7) is 3.33. The van der Waals surface area contributed by atoms with Gasteiger partial charge in [-0.25, -0.2) is 4.79 Å². The van der Waals surface area contributed by atoms with Gasteiger partial charge in [0.1, 0.15) is 5.71 Å². The first-order valence-electron chi connectivity index (χ1n) is 6.71. The van der Waals surface area contributed by atoms with Crippen LogP contribution in [0.15, 0.2) is 71.9 Å². The maximum absolute atomic E-state index is 11.0. The quantitative estimate of drug-likeness (QED) is 0.481. The highest BCUT2D eigenvalue weighted by Gasteiger charge is 2.04. The number of carbonyl (C=O) groups excluding carboxylic acids is 1. The molecule has 0 atom stereocenters. The molecule has 0 bridgehead atoms. The third kappa shape index (κ3) is 4.42. The zero-order valence-corrected chi connectivity index (χ0v) is 12.1. The van der Waals surface area contributed by atoms with Gasteiger partial charge in [-0.3, -0.25) is 0 Å². The van der Waals surface area contributed by atoms with Gasteiger partial charge < -0.3 is 4.84 Å². The van der Waals surface area contributed by atoms with E-state index in [0.29, 0.717) is 5.71 Å². The molecule has 0 fully saturated rings. The molecule has 3 heteroatoms. The first-order valence-corrected chi connectivity index (χ1v) is 6.71. The van der Waals surface area contributed by atoms with Crippen molar-refractivity contribution in [3.05, 3.63) is 77.9 Å². The standard InChI is InChI=1S/C18H17NO2/c1-14(16-9-5-3-6-10-16)13-18(19-21-15(2)20)17-11-7-4-8-12-17/h3-13H,1-2H3/b14-13+,19-18-. The Morgan fingerprint density at radius 3 is 1.95 bits per heavy atom. The molecule has 106 valence electrons. The van der Waals surface area contributed by atoms with Gasteiger partial charge in [0.2, 0.25) is 0 Å². The Kier molecular flexibility index (Phi) is 5.04. The predicted molar refractivity (Wildman–Crippen MR) is 84.8 cm³/mol. The van der Waals surface area contributed by atoms with Crippen molar-refractivity contribution in [3.8, 4) is 0 Å². The van der Waals surface area contributed by atoms with E-state index < -0.39 is 5.97 Å². The Labute approximate surface area is 124 Å². The van der Waals surface area contributed by atoms with Crippen molar-refractivity contribution < 1.29 is 9.63 Å². The van der Waals surface area contributed by atoms with Gasteiger partial charge in [0.05, 0.1) is 0 Å². The predicted octanol–water partition coefficient (Wildman–Crippen LogP) is 4.06. The van der Waals surface area contributed by atoms with Crippen molar-refractivity contribution in [2.75, 3.05) is 0 Å². The highest BCUT2D eigenvalue weighted by Crippen LogP contribution is 2.15. The van der Waals surface area contributed by atoms with Crippen LogP contribution in [0.25, 0.3) is 5.57 Å². The van der Waals surface area contributed by atoms with Crippen molar-refractivity contribution >= 4 is 17.3 Å². The van der Waals surface area contributed by atoms with E-state index in [0.717, 1.165) is 16.7 Å². The molecule has 0 unspecified atom stereocenters. The number of nitrogens with zero attached hydrogens (tertiary/aromatic N) is 1. The summed E-state index contributed by atoms with van der Waals surface area (Å²) in [6.07, 6.45) is 1.91. The van der Waals surface area contributed by atoms with Gasteiger partial charge in [0.25, 0.3) is 0 Å². The maximum Gasteiger partial charge on any atom is 0.332 e. The Morgan fingerprint density at radius 1 is 0.905 bits per heavy atom. The minimum Gasteiger partial charge on any atom is -0.318 e. The molecule has 0 spiro atoms. The van der Waals surface area contributed by atoms with Crippen LogP contribution in [0.4, 0.5) is 0 Å². The molecule has 0 saturated heterocycles. The van der Waals surface area contributed by atoms with Gasteiger partial charge >= 0.3 is 5.97 Å². The van der Waals surface area contributed by atoms with Crippen molar-refractivity contribution in [2.45, 2.75) is 13.8 Å². The van der Waals surface area contributed by atoms with E-state index in [1.165, 1.54) is 6.92 Å². The molecule has 21 heavy (non-hydrogen) atoms. The summed E-state index contributed by atoms with van der Waals surface area (Å²) in [4.78, 5) is 15.8. The SMILES string of the molecule is CC(=O)O/N=C(/C=C(\C)c1ccccc1)c1ccccc1. The number of carbonyl (C=O) groups is 1. The van der Waals surface area contributed by atoms with Gasteiger partial charge in [0.15, 0.2) is 0 Å². The minimum atomic E-state index is -0.436. The van der Waals surface area contributed by atoms with Crippen molar-refractivity contribution in [1.82, 2.24) is 0 Å². The van der Waals surface area contributed by atoms with E-state index in [2.05, 4.69) is 5.16 Å². The van der Waals surface area contributed by atoms with Crippen LogP contribution in [0.2, 0.25) is 0 Å². The molecule has 0 aromatic heterocycles. The molecule has 0 aliphatic rings. The lowest BCUT2D eigenvalue weighted by molar-refractivity contribution is -0.140. The lowest BCUT2D eigenvalue weighted by Gasteiger charge is -2.05. The van der Waals surface area contributed by atoms with Gasteiger partial charge in [-0.2, -0.15) is 0 Å². The largest absolute Gasteiger partial charge is 0.332 e. The lowest BCUT2D eigenvalue weighted by Crippen LogP contribution is -2.01. The van der Waals surface area contributed by atoms with E-state index in [1.54, 1.807) is 0 Å². The average Bonchev–Trinajstić information content (AvgIpc) is 2.52. The van der Waals surface area contributed by atoms with Crippen LogP contribution >= 0.6 is 0 Å². The highest BCUT2D eigenvalue weighted by atomic mass is 16.7. The number of rotatable bonds is 4. The maximum atomic E-state index is 11.0. The van der Waals surface area contributed by atoms with E-state index in [1.807, 2.05) is 73.7 Å². The van der Waals surface area contributed by atoms with Crippen LogP contribution in [0.5, 0.6) is 0 Å². The molecule has 0 aliphatic carbocycles. The molecule has 0 N–H and O–H groups in total. The molecule has 0 heterocycles. The lowest BCUT2D eigenvalue weighted by atomic mass is 10.0. The normalized spacial score (nSPS) is 12.1. The summed E-state index contributed by atoms with van der Waals surface area (Å²) in [7, 11) is 0. The molecule has 0 amide bonds. The second-order valence-corrected chi connectivity index (χ2v) is 4.62.